The Morgan fingerprint density at radius 3 is 1.96 bits per heavy atom. The standard InChI is InChI=1S/C22H24N2/c1-5-17(6-2)22(7-3)19-10-14-21(15-11-19)24-16(4)18-8-12-20(23)13-9-18/h5-15,17,22,24H,1-4,23H2. The van der Waals surface area contributed by atoms with Gasteiger partial charge in [0.1, 0.15) is 0 Å². The van der Waals surface area contributed by atoms with Crippen molar-refractivity contribution in [3.05, 3.63) is 104 Å². The van der Waals surface area contributed by atoms with Crippen LogP contribution < -0.4 is 11.1 Å². The summed E-state index contributed by atoms with van der Waals surface area (Å²) in [4.78, 5) is 0. The molecule has 2 nitrogen and oxygen atoms in total. The molecule has 0 aromatic heterocycles. The van der Waals surface area contributed by atoms with Gasteiger partial charge in [0.25, 0.3) is 0 Å². The summed E-state index contributed by atoms with van der Waals surface area (Å²) in [6, 6.07) is 15.9. The van der Waals surface area contributed by atoms with Crippen molar-refractivity contribution in [1.82, 2.24) is 0 Å². The molecule has 2 aromatic carbocycles. The monoisotopic (exact) mass is 316 g/mol. The molecule has 0 aliphatic rings. The van der Waals surface area contributed by atoms with Gasteiger partial charge >= 0.3 is 0 Å². The first-order chi connectivity index (χ1) is 11.6. The molecule has 0 saturated heterocycles. The average Bonchev–Trinajstić information content (AvgIpc) is 2.61. The third-order valence-corrected chi connectivity index (χ3v) is 4.06. The molecule has 2 heteroatoms. The summed E-state index contributed by atoms with van der Waals surface area (Å²) < 4.78 is 0. The number of allylic oxidation sites excluding steroid dienone is 3. The minimum absolute atomic E-state index is 0.172. The fourth-order valence-corrected chi connectivity index (χ4v) is 2.62. The topological polar surface area (TPSA) is 38.0 Å². The Labute approximate surface area is 144 Å². The number of benzene rings is 2. The normalized spacial score (nSPS) is 11.5. The lowest BCUT2D eigenvalue weighted by Crippen LogP contribution is -2.06. The molecule has 0 saturated carbocycles. The van der Waals surface area contributed by atoms with Gasteiger partial charge in [-0.15, -0.1) is 19.7 Å². The van der Waals surface area contributed by atoms with E-state index in [1.807, 2.05) is 54.6 Å². The van der Waals surface area contributed by atoms with E-state index in [1.54, 1.807) is 0 Å². The second kappa shape index (κ2) is 8.02. The maximum Gasteiger partial charge on any atom is 0.0384 e. The summed E-state index contributed by atoms with van der Waals surface area (Å²) in [5.74, 6) is 0.348. The highest BCUT2D eigenvalue weighted by Gasteiger charge is 2.14. The lowest BCUT2D eigenvalue weighted by molar-refractivity contribution is 0.712. The molecule has 0 aliphatic heterocycles. The molecule has 0 radical (unpaired) electrons. The molecule has 3 N–H and O–H groups in total. The highest BCUT2D eigenvalue weighted by molar-refractivity contribution is 5.75. The number of nitrogens with one attached hydrogen (secondary N) is 1. The van der Waals surface area contributed by atoms with Gasteiger partial charge in [-0.25, -0.2) is 0 Å². The number of anilines is 2. The lowest BCUT2D eigenvalue weighted by Gasteiger charge is -2.19. The zero-order valence-corrected chi connectivity index (χ0v) is 13.9. The van der Waals surface area contributed by atoms with Gasteiger partial charge in [0, 0.05) is 28.9 Å². The number of nitrogen functional groups attached to an aromatic ring is 1. The quantitative estimate of drug-likeness (QED) is 0.491. The fraction of sp³-hybridized carbons (Fsp3) is 0.0909. The predicted octanol–water partition coefficient (Wildman–Crippen LogP) is 5.61. The van der Waals surface area contributed by atoms with E-state index in [0.29, 0.717) is 0 Å². The number of hydrogen-bond donors (Lipinski definition) is 2. The summed E-state index contributed by atoms with van der Waals surface area (Å²) in [6.45, 7) is 15.8. The van der Waals surface area contributed by atoms with Crippen LogP contribution >= 0.6 is 0 Å². The minimum atomic E-state index is 0.172. The van der Waals surface area contributed by atoms with Crippen LogP contribution in [0.4, 0.5) is 11.4 Å². The molecule has 1 atom stereocenters. The van der Waals surface area contributed by atoms with Crippen LogP contribution in [-0.2, 0) is 0 Å². The maximum absolute atomic E-state index is 5.71. The maximum atomic E-state index is 5.71. The number of nitrogens with two attached hydrogens (primary N) is 1. The van der Waals surface area contributed by atoms with Gasteiger partial charge in [-0.3, -0.25) is 0 Å². The van der Waals surface area contributed by atoms with Crippen molar-refractivity contribution in [1.29, 1.82) is 0 Å². The zero-order chi connectivity index (χ0) is 17.5. The van der Waals surface area contributed by atoms with E-state index in [9.17, 15) is 0 Å². The Bertz CT molecular complexity index is 716. The predicted molar refractivity (Wildman–Crippen MR) is 107 cm³/mol. The van der Waals surface area contributed by atoms with E-state index < -0.39 is 0 Å². The second-order valence-electron chi connectivity index (χ2n) is 5.66. The Morgan fingerprint density at radius 1 is 0.875 bits per heavy atom. The largest absolute Gasteiger partial charge is 0.399 e. The molecule has 0 aliphatic carbocycles. The van der Waals surface area contributed by atoms with Crippen LogP contribution in [0.15, 0.2) is 93.1 Å². The van der Waals surface area contributed by atoms with Crippen molar-refractivity contribution >= 4 is 17.1 Å². The zero-order valence-electron chi connectivity index (χ0n) is 13.9. The highest BCUT2D eigenvalue weighted by Crippen LogP contribution is 2.29. The third-order valence-electron chi connectivity index (χ3n) is 4.06. The van der Waals surface area contributed by atoms with Crippen LogP contribution in [0.5, 0.6) is 0 Å². The summed E-state index contributed by atoms with van der Waals surface area (Å²) in [5.41, 5.74) is 10.5. The Balaban J connectivity index is 2.12. The van der Waals surface area contributed by atoms with Crippen molar-refractivity contribution in [2.75, 3.05) is 11.1 Å². The van der Waals surface area contributed by atoms with Crippen LogP contribution in [0, 0.1) is 5.92 Å². The summed E-state index contributed by atoms with van der Waals surface area (Å²) in [7, 11) is 0. The number of rotatable bonds is 8. The molecule has 0 spiro atoms. The first-order valence-electron chi connectivity index (χ1n) is 7.88. The van der Waals surface area contributed by atoms with Crippen molar-refractivity contribution in [2.45, 2.75) is 5.92 Å². The average molecular weight is 316 g/mol. The number of hydrogen-bond acceptors (Lipinski definition) is 2. The van der Waals surface area contributed by atoms with Crippen molar-refractivity contribution in [3.63, 3.8) is 0 Å². The Morgan fingerprint density at radius 2 is 1.46 bits per heavy atom. The molecule has 0 bridgehead atoms. The van der Waals surface area contributed by atoms with Gasteiger partial charge in [-0.1, -0.05) is 49.1 Å². The molecular weight excluding hydrogens is 292 g/mol. The molecule has 2 rings (SSSR count). The van der Waals surface area contributed by atoms with E-state index in [4.69, 9.17) is 5.73 Å². The molecule has 0 amide bonds. The van der Waals surface area contributed by atoms with Crippen LogP contribution in [0.3, 0.4) is 0 Å². The first kappa shape index (κ1) is 17.4. The SMILES string of the molecule is C=CC(C=C)C(C=C)c1ccc(NC(=C)c2ccc(N)cc2)cc1. The molecule has 122 valence electrons. The highest BCUT2D eigenvalue weighted by atomic mass is 14.9. The van der Waals surface area contributed by atoms with Gasteiger partial charge in [-0.2, -0.15) is 0 Å². The van der Waals surface area contributed by atoms with Crippen LogP contribution in [0.2, 0.25) is 0 Å². The van der Waals surface area contributed by atoms with Gasteiger partial charge < -0.3 is 11.1 Å². The smallest absolute Gasteiger partial charge is 0.0384 e. The fourth-order valence-electron chi connectivity index (χ4n) is 2.62. The molecule has 2 aromatic rings. The van der Waals surface area contributed by atoms with Crippen LogP contribution in [0.1, 0.15) is 17.0 Å². The molecule has 0 heterocycles. The van der Waals surface area contributed by atoms with Gasteiger partial charge in [0.2, 0.25) is 0 Å². The van der Waals surface area contributed by atoms with Crippen molar-refractivity contribution in [3.8, 4) is 0 Å². The van der Waals surface area contributed by atoms with E-state index in [-0.39, 0.29) is 11.8 Å². The molecule has 24 heavy (non-hydrogen) atoms. The summed E-state index contributed by atoms with van der Waals surface area (Å²) >= 11 is 0. The van der Waals surface area contributed by atoms with Crippen LogP contribution in [0.25, 0.3) is 5.70 Å². The van der Waals surface area contributed by atoms with E-state index >= 15 is 0 Å². The molecular formula is C22H24N2. The third kappa shape index (κ3) is 4.05. The lowest BCUT2D eigenvalue weighted by atomic mass is 9.86. The Kier molecular flexibility index (Phi) is 5.80. The Hall–Kier alpha value is -3.00. The first-order valence-corrected chi connectivity index (χ1v) is 7.88. The van der Waals surface area contributed by atoms with Gasteiger partial charge in [0.15, 0.2) is 0 Å². The van der Waals surface area contributed by atoms with E-state index in [1.165, 1.54) is 5.56 Å². The summed E-state index contributed by atoms with van der Waals surface area (Å²) in [6.07, 6.45) is 5.73. The van der Waals surface area contributed by atoms with Crippen molar-refractivity contribution < 1.29 is 0 Å². The molecule has 0 fully saturated rings. The minimum Gasteiger partial charge on any atom is -0.399 e. The van der Waals surface area contributed by atoms with Gasteiger partial charge in [0.05, 0.1) is 0 Å². The van der Waals surface area contributed by atoms with E-state index in [2.05, 4.69) is 43.8 Å². The van der Waals surface area contributed by atoms with E-state index in [0.717, 1.165) is 22.6 Å². The molecule has 1 unspecified atom stereocenters. The van der Waals surface area contributed by atoms with Crippen LogP contribution in [-0.4, -0.2) is 0 Å². The summed E-state index contributed by atoms with van der Waals surface area (Å²) in [5, 5.41) is 3.32. The second-order valence-corrected chi connectivity index (χ2v) is 5.66. The van der Waals surface area contributed by atoms with Crippen molar-refractivity contribution in [2.24, 2.45) is 5.92 Å². The van der Waals surface area contributed by atoms with Gasteiger partial charge in [-0.05, 0) is 35.4 Å².